The third-order valence-corrected chi connectivity index (χ3v) is 4.33. The lowest BCUT2D eigenvalue weighted by molar-refractivity contribution is -0.110. The smallest absolute Gasteiger partial charge is 0.256 e. The second kappa shape index (κ2) is 6.84. The molecule has 0 bridgehead atoms. The van der Waals surface area contributed by atoms with Gasteiger partial charge in [0, 0.05) is 34.4 Å². The first-order valence-corrected chi connectivity index (χ1v) is 8.40. The minimum atomic E-state index is -0.249. The van der Waals surface area contributed by atoms with Gasteiger partial charge >= 0.3 is 0 Å². The summed E-state index contributed by atoms with van der Waals surface area (Å²) in [6.45, 7) is 0. The number of benzene rings is 2. The summed E-state index contributed by atoms with van der Waals surface area (Å²) >= 11 is 0. The predicted molar refractivity (Wildman–Crippen MR) is 105 cm³/mol. The zero-order valence-electron chi connectivity index (χ0n) is 14.6. The van der Waals surface area contributed by atoms with Gasteiger partial charge in [-0.05, 0) is 60.7 Å². The van der Waals surface area contributed by atoms with E-state index in [9.17, 15) is 9.59 Å². The Morgan fingerprint density at radius 1 is 1.11 bits per heavy atom. The molecule has 0 atom stereocenters. The van der Waals surface area contributed by atoms with E-state index in [1.165, 1.54) is 0 Å². The number of ether oxygens (including phenoxy) is 1. The highest BCUT2D eigenvalue weighted by atomic mass is 16.5. The molecule has 2 heterocycles. The van der Waals surface area contributed by atoms with Gasteiger partial charge in [-0.15, -0.1) is 0 Å². The fraction of sp³-hybridized carbons (Fsp3) is 0.0476. The Bertz CT molecular complexity index is 1040. The summed E-state index contributed by atoms with van der Waals surface area (Å²) in [5.74, 6) is 0.281. The molecule has 0 aliphatic carbocycles. The number of anilines is 2. The van der Waals surface area contributed by atoms with Gasteiger partial charge < -0.3 is 20.4 Å². The Morgan fingerprint density at radius 3 is 2.63 bits per heavy atom. The quantitative estimate of drug-likeness (QED) is 0.620. The second-order valence-electron chi connectivity index (χ2n) is 6.08. The third kappa shape index (κ3) is 3.32. The lowest BCUT2D eigenvalue weighted by Gasteiger charge is -2.08. The van der Waals surface area contributed by atoms with Gasteiger partial charge in [0.15, 0.2) is 0 Å². The minimum Gasteiger partial charge on any atom is -0.497 e. The maximum absolute atomic E-state index is 12.6. The van der Waals surface area contributed by atoms with Crippen molar-refractivity contribution in [2.75, 3.05) is 17.7 Å². The molecule has 0 saturated heterocycles. The van der Waals surface area contributed by atoms with Gasteiger partial charge in [0.05, 0.1) is 12.7 Å². The number of fused-ring (bicyclic) bond motifs is 1. The fourth-order valence-electron chi connectivity index (χ4n) is 2.94. The van der Waals surface area contributed by atoms with Crippen molar-refractivity contribution in [3.63, 3.8) is 0 Å². The van der Waals surface area contributed by atoms with Gasteiger partial charge in [0.25, 0.3) is 11.8 Å². The number of amides is 2. The Labute approximate surface area is 155 Å². The van der Waals surface area contributed by atoms with E-state index in [0.29, 0.717) is 33.8 Å². The van der Waals surface area contributed by atoms with Crippen LogP contribution in [0.2, 0.25) is 0 Å². The highest BCUT2D eigenvalue weighted by molar-refractivity contribution is 6.35. The van der Waals surface area contributed by atoms with E-state index in [-0.39, 0.29) is 11.8 Å². The SMILES string of the molecule is COc1ccc(NC(=O)c2ccc3c(c2)/C(=C/c2ccc[nH]2)C(=O)N3)cc1. The van der Waals surface area contributed by atoms with Crippen molar-refractivity contribution in [2.45, 2.75) is 0 Å². The Balaban J connectivity index is 1.61. The maximum atomic E-state index is 12.6. The number of H-pyrrole nitrogens is 1. The van der Waals surface area contributed by atoms with Crippen molar-refractivity contribution in [1.82, 2.24) is 4.98 Å². The van der Waals surface area contributed by atoms with Crippen LogP contribution >= 0.6 is 0 Å². The average Bonchev–Trinajstić information content (AvgIpc) is 3.30. The summed E-state index contributed by atoms with van der Waals surface area (Å²) in [7, 11) is 1.59. The number of carbonyl (C=O) groups excluding carboxylic acids is 2. The van der Waals surface area contributed by atoms with Crippen LogP contribution in [0.15, 0.2) is 60.8 Å². The van der Waals surface area contributed by atoms with Crippen LogP contribution in [0.3, 0.4) is 0 Å². The minimum absolute atomic E-state index is 0.188. The fourth-order valence-corrected chi connectivity index (χ4v) is 2.94. The topological polar surface area (TPSA) is 83.2 Å². The van der Waals surface area contributed by atoms with Crippen molar-refractivity contribution in [2.24, 2.45) is 0 Å². The summed E-state index contributed by atoms with van der Waals surface area (Å²) in [6, 6.07) is 16.0. The summed E-state index contributed by atoms with van der Waals surface area (Å²) in [4.78, 5) is 27.9. The molecule has 0 fully saturated rings. The molecule has 3 N–H and O–H groups in total. The highest BCUT2D eigenvalue weighted by Crippen LogP contribution is 2.33. The van der Waals surface area contributed by atoms with E-state index in [0.717, 1.165) is 5.69 Å². The van der Waals surface area contributed by atoms with Crippen LogP contribution in [0.4, 0.5) is 11.4 Å². The lowest BCUT2D eigenvalue weighted by Crippen LogP contribution is -2.12. The number of aromatic amines is 1. The first kappa shape index (κ1) is 16.7. The van der Waals surface area contributed by atoms with Crippen LogP contribution < -0.4 is 15.4 Å². The number of hydrogen-bond acceptors (Lipinski definition) is 3. The molecule has 134 valence electrons. The maximum Gasteiger partial charge on any atom is 0.256 e. The van der Waals surface area contributed by atoms with Crippen molar-refractivity contribution in [3.05, 3.63) is 77.6 Å². The summed E-state index contributed by atoms with van der Waals surface area (Å²) in [5, 5.41) is 5.67. The van der Waals surface area contributed by atoms with Crippen LogP contribution in [0.25, 0.3) is 11.6 Å². The van der Waals surface area contributed by atoms with Crippen molar-refractivity contribution < 1.29 is 14.3 Å². The van der Waals surface area contributed by atoms with Gasteiger partial charge in [-0.25, -0.2) is 0 Å². The summed E-state index contributed by atoms with van der Waals surface area (Å²) in [5.41, 5.74) is 3.87. The van der Waals surface area contributed by atoms with Crippen LogP contribution in [0.1, 0.15) is 21.6 Å². The largest absolute Gasteiger partial charge is 0.497 e. The number of nitrogens with one attached hydrogen (secondary N) is 3. The Morgan fingerprint density at radius 2 is 1.93 bits per heavy atom. The monoisotopic (exact) mass is 359 g/mol. The molecule has 1 aliphatic rings. The van der Waals surface area contributed by atoms with E-state index in [4.69, 9.17) is 4.74 Å². The van der Waals surface area contributed by atoms with Crippen LogP contribution in [0.5, 0.6) is 5.75 Å². The Hall–Kier alpha value is -3.80. The van der Waals surface area contributed by atoms with Gasteiger partial charge in [-0.1, -0.05) is 0 Å². The predicted octanol–water partition coefficient (Wildman–Crippen LogP) is 3.77. The molecule has 3 aromatic rings. The molecule has 0 spiro atoms. The van der Waals surface area contributed by atoms with Gasteiger partial charge in [0.1, 0.15) is 5.75 Å². The van der Waals surface area contributed by atoms with Crippen molar-refractivity contribution in [1.29, 1.82) is 0 Å². The van der Waals surface area contributed by atoms with E-state index in [1.807, 2.05) is 12.1 Å². The average molecular weight is 359 g/mol. The lowest BCUT2D eigenvalue weighted by atomic mass is 10.0. The molecule has 0 unspecified atom stereocenters. The standard InChI is InChI=1S/C21H17N3O3/c1-27-16-7-5-14(6-8-16)23-20(25)13-4-9-19-17(11-13)18(21(26)24-19)12-15-3-2-10-22-15/h2-12,22H,1H3,(H,23,25)(H,24,26)/b18-12-. The van der Waals surface area contributed by atoms with Gasteiger partial charge in [-0.2, -0.15) is 0 Å². The number of carbonyl (C=O) groups is 2. The van der Waals surface area contributed by atoms with E-state index in [1.54, 1.807) is 61.8 Å². The van der Waals surface area contributed by atoms with Gasteiger partial charge in [-0.3, -0.25) is 9.59 Å². The van der Waals surface area contributed by atoms with Crippen molar-refractivity contribution >= 4 is 34.8 Å². The summed E-state index contributed by atoms with van der Waals surface area (Å²) < 4.78 is 5.11. The molecule has 4 rings (SSSR count). The molecule has 1 aromatic heterocycles. The number of methoxy groups -OCH3 is 1. The molecular formula is C21H17N3O3. The molecule has 27 heavy (non-hydrogen) atoms. The Kier molecular flexibility index (Phi) is 4.22. The molecule has 1 aliphatic heterocycles. The number of hydrogen-bond donors (Lipinski definition) is 3. The molecule has 2 aromatic carbocycles. The number of aromatic nitrogens is 1. The summed E-state index contributed by atoms with van der Waals surface area (Å²) in [6.07, 6.45) is 3.56. The zero-order valence-corrected chi connectivity index (χ0v) is 14.6. The van der Waals surface area contributed by atoms with E-state index >= 15 is 0 Å². The molecule has 6 nitrogen and oxygen atoms in total. The molecule has 2 amide bonds. The van der Waals surface area contributed by atoms with Gasteiger partial charge in [0.2, 0.25) is 0 Å². The second-order valence-corrected chi connectivity index (χ2v) is 6.08. The zero-order chi connectivity index (χ0) is 18.8. The molecule has 6 heteroatoms. The first-order valence-electron chi connectivity index (χ1n) is 8.40. The molecular weight excluding hydrogens is 342 g/mol. The number of rotatable bonds is 4. The molecule has 0 radical (unpaired) electrons. The first-order chi connectivity index (χ1) is 13.1. The third-order valence-electron chi connectivity index (χ3n) is 4.33. The van der Waals surface area contributed by atoms with Crippen LogP contribution in [-0.2, 0) is 4.79 Å². The van der Waals surface area contributed by atoms with Crippen LogP contribution in [-0.4, -0.2) is 23.9 Å². The normalized spacial score (nSPS) is 14.0. The van der Waals surface area contributed by atoms with Crippen LogP contribution in [0, 0.1) is 0 Å². The van der Waals surface area contributed by atoms with E-state index < -0.39 is 0 Å². The molecule has 0 saturated carbocycles. The van der Waals surface area contributed by atoms with E-state index in [2.05, 4.69) is 15.6 Å². The highest BCUT2D eigenvalue weighted by Gasteiger charge is 2.25. The van der Waals surface area contributed by atoms with Crippen molar-refractivity contribution in [3.8, 4) is 5.75 Å².